The molecule has 0 spiro atoms. The lowest BCUT2D eigenvalue weighted by atomic mass is 9.99. The van der Waals surface area contributed by atoms with Crippen LogP contribution in [0.5, 0.6) is 0 Å². The second kappa shape index (κ2) is 7.93. The van der Waals surface area contributed by atoms with Gasteiger partial charge in [0.1, 0.15) is 0 Å². The van der Waals surface area contributed by atoms with Crippen LogP contribution < -0.4 is 5.32 Å². The number of hydrogen-bond acceptors (Lipinski definition) is 3. The van der Waals surface area contributed by atoms with Crippen molar-refractivity contribution in [3.05, 3.63) is 35.9 Å². The minimum Gasteiger partial charge on any atom is -0.352 e. The average Bonchev–Trinajstić information content (AvgIpc) is 3.04. The predicted molar refractivity (Wildman–Crippen MR) is 93.5 cm³/mol. The lowest BCUT2D eigenvalue weighted by Crippen LogP contribution is -2.47. The third kappa shape index (κ3) is 4.55. The van der Waals surface area contributed by atoms with Crippen molar-refractivity contribution in [3.8, 4) is 0 Å². The van der Waals surface area contributed by atoms with E-state index >= 15 is 0 Å². The molecule has 0 radical (unpaired) electrons. The highest BCUT2D eigenvalue weighted by Gasteiger charge is 2.26. The molecule has 2 fully saturated rings. The number of hydrogen-bond donors (Lipinski definition) is 1. The van der Waals surface area contributed by atoms with E-state index in [1.54, 1.807) is 0 Å². The van der Waals surface area contributed by atoms with Crippen molar-refractivity contribution in [3.63, 3.8) is 0 Å². The van der Waals surface area contributed by atoms with Gasteiger partial charge >= 0.3 is 0 Å². The molecule has 4 nitrogen and oxygen atoms in total. The van der Waals surface area contributed by atoms with Gasteiger partial charge in [0.15, 0.2) is 0 Å². The van der Waals surface area contributed by atoms with Gasteiger partial charge in [-0.05, 0) is 43.8 Å². The molecule has 0 aromatic heterocycles. The molecule has 1 aromatic carbocycles. The van der Waals surface area contributed by atoms with Crippen molar-refractivity contribution in [2.75, 3.05) is 39.3 Å². The van der Waals surface area contributed by atoms with Crippen molar-refractivity contribution in [2.45, 2.75) is 38.1 Å². The number of amides is 1. The zero-order valence-corrected chi connectivity index (χ0v) is 14.2. The van der Waals surface area contributed by atoms with E-state index in [9.17, 15) is 4.79 Å². The molecule has 1 amide bonds. The van der Waals surface area contributed by atoms with Crippen molar-refractivity contribution in [2.24, 2.45) is 0 Å². The SMILES string of the molecule is CCN1CCC(NC(=O)CN2CCC(c3ccccc3)C2)CC1. The summed E-state index contributed by atoms with van der Waals surface area (Å²) in [4.78, 5) is 17.0. The summed E-state index contributed by atoms with van der Waals surface area (Å²) in [5.74, 6) is 0.783. The molecule has 1 aromatic rings. The number of rotatable bonds is 5. The first-order valence-corrected chi connectivity index (χ1v) is 9.03. The van der Waals surface area contributed by atoms with Gasteiger partial charge in [-0.25, -0.2) is 0 Å². The topological polar surface area (TPSA) is 35.6 Å². The average molecular weight is 315 g/mol. The highest BCUT2D eigenvalue weighted by Crippen LogP contribution is 2.26. The quantitative estimate of drug-likeness (QED) is 0.903. The number of benzene rings is 1. The number of piperidine rings is 1. The van der Waals surface area contributed by atoms with Crippen LogP contribution in [0.1, 0.15) is 37.7 Å². The summed E-state index contributed by atoms with van der Waals surface area (Å²) < 4.78 is 0. The van der Waals surface area contributed by atoms with Crippen molar-refractivity contribution < 1.29 is 4.79 Å². The van der Waals surface area contributed by atoms with Crippen LogP contribution in [-0.4, -0.2) is 61.0 Å². The fraction of sp³-hybridized carbons (Fsp3) is 0.632. The van der Waals surface area contributed by atoms with E-state index in [0.29, 0.717) is 18.5 Å². The predicted octanol–water partition coefficient (Wildman–Crippen LogP) is 2.08. The van der Waals surface area contributed by atoms with Crippen molar-refractivity contribution in [1.82, 2.24) is 15.1 Å². The summed E-state index contributed by atoms with van der Waals surface area (Å²) in [6.07, 6.45) is 3.34. The number of nitrogens with zero attached hydrogens (tertiary/aromatic N) is 2. The van der Waals surface area contributed by atoms with Crippen molar-refractivity contribution >= 4 is 5.91 Å². The minimum atomic E-state index is 0.202. The summed E-state index contributed by atoms with van der Waals surface area (Å²) in [6, 6.07) is 11.1. The Morgan fingerprint density at radius 2 is 1.78 bits per heavy atom. The highest BCUT2D eigenvalue weighted by atomic mass is 16.2. The molecule has 1 unspecified atom stereocenters. The first-order chi connectivity index (χ1) is 11.2. The van der Waals surface area contributed by atoms with E-state index in [4.69, 9.17) is 0 Å². The molecule has 3 rings (SSSR count). The molecule has 23 heavy (non-hydrogen) atoms. The van der Waals surface area contributed by atoms with Gasteiger partial charge in [-0.1, -0.05) is 37.3 Å². The standard InChI is InChI=1S/C19H29N3O/c1-2-21-12-9-18(10-13-21)20-19(23)15-22-11-8-17(14-22)16-6-4-3-5-7-16/h3-7,17-18H,2,8-15H2,1H3,(H,20,23). The molecule has 0 bridgehead atoms. The zero-order chi connectivity index (χ0) is 16.1. The van der Waals surface area contributed by atoms with Crippen LogP contribution in [0.4, 0.5) is 0 Å². The first kappa shape index (κ1) is 16.5. The van der Waals surface area contributed by atoms with Crippen LogP contribution in [0.15, 0.2) is 30.3 Å². The molecule has 0 saturated carbocycles. The molecule has 0 aliphatic carbocycles. The molecule has 4 heteroatoms. The van der Waals surface area contributed by atoms with E-state index in [-0.39, 0.29) is 5.91 Å². The maximum atomic E-state index is 12.3. The van der Waals surface area contributed by atoms with Gasteiger partial charge in [0.2, 0.25) is 5.91 Å². The number of carbonyl (C=O) groups is 1. The largest absolute Gasteiger partial charge is 0.352 e. The van der Waals surface area contributed by atoms with Gasteiger partial charge < -0.3 is 10.2 Å². The molecule has 2 heterocycles. The molecule has 1 N–H and O–H groups in total. The fourth-order valence-corrected chi connectivity index (χ4v) is 3.84. The Hall–Kier alpha value is -1.39. The Balaban J connectivity index is 1.41. The number of nitrogens with one attached hydrogen (secondary N) is 1. The Bertz CT molecular complexity index is 497. The normalized spacial score (nSPS) is 24.0. The van der Waals surface area contributed by atoms with Crippen LogP contribution in [0.2, 0.25) is 0 Å². The van der Waals surface area contributed by atoms with Gasteiger partial charge in [-0.15, -0.1) is 0 Å². The Kier molecular flexibility index (Phi) is 5.68. The third-order valence-electron chi connectivity index (χ3n) is 5.31. The monoisotopic (exact) mass is 315 g/mol. The third-order valence-corrected chi connectivity index (χ3v) is 5.31. The van der Waals surface area contributed by atoms with E-state index in [0.717, 1.165) is 52.0 Å². The molecule has 2 aliphatic heterocycles. The van der Waals surface area contributed by atoms with Crippen LogP contribution in [0.3, 0.4) is 0 Å². The van der Waals surface area contributed by atoms with Crippen molar-refractivity contribution in [1.29, 1.82) is 0 Å². The second-order valence-electron chi connectivity index (χ2n) is 6.91. The van der Waals surface area contributed by atoms with Crippen LogP contribution >= 0.6 is 0 Å². The zero-order valence-electron chi connectivity index (χ0n) is 14.2. The maximum absolute atomic E-state index is 12.3. The summed E-state index contributed by atoms with van der Waals surface area (Å²) in [5, 5.41) is 3.24. The lowest BCUT2D eigenvalue weighted by Gasteiger charge is -2.31. The molecule has 1 atom stereocenters. The van der Waals surface area contributed by atoms with E-state index in [2.05, 4.69) is 52.4 Å². The maximum Gasteiger partial charge on any atom is 0.234 e. The van der Waals surface area contributed by atoms with Crippen LogP contribution in [0.25, 0.3) is 0 Å². The van der Waals surface area contributed by atoms with Gasteiger partial charge in [-0.3, -0.25) is 9.69 Å². The van der Waals surface area contributed by atoms with Crippen LogP contribution in [0, 0.1) is 0 Å². The molecular formula is C19H29N3O. The van der Waals surface area contributed by atoms with E-state index in [1.165, 1.54) is 5.56 Å². The number of carbonyl (C=O) groups excluding carboxylic acids is 1. The Morgan fingerprint density at radius 1 is 1.09 bits per heavy atom. The number of likely N-dealkylation sites (tertiary alicyclic amines) is 2. The van der Waals surface area contributed by atoms with Crippen LogP contribution in [-0.2, 0) is 4.79 Å². The Morgan fingerprint density at radius 3 is 2.48 bits per heavy atom. The lowest BCUT2D eigenvalue weighted by molar-refractivity contribution is -0.123. The summed E-state index contributed by atoms with van der Waals surface area (Å²) in [7, 11) is 0. The molecule has 2 aliphatic rings. The molecular weight excluding hydrogens is 286 g/mol. The van der Waals surface area contributed by atoms with E-state index in [1.807, 2.05) is 0 Å². The summed E-state index contributed by atoms with van der Waals surface area (Å²) in [5.41, 5.74) is 1.40. The fourth-order valence-electron chi connectivity index (χ4n) is 3.84. The summed E-state index contributed by atoms with van der Waals surface area (Å²) in [6.45, 7) is 8.14. The van der Waals surface area contributed by atoms with Gasteiger partial charge in [0, 0.05) is 25.7 Å². The highest BCUT2D eigenvalue weighted by molar-refractivity contribution is 5.78. The smallest absolute Gasteiger partial charge is 0.234 e. The Labute approximate surface area is 139 Å². The molecule has 126 valence electrons. The minimum absolute atomic E-state index is 0.202. The van der Waals surface area contributed by atoms with Gasteiger partial charge in [0.05, 0.1) is 6.54 Å². The first-order valence-electron chi connectivity index (χ1n) is 9.03. The van der Waals surface area contributed by atoms with Gasteiger partial charge in [0.25, 0.3) is 0 Å². The molecule has 2 saturated heterocycles. The van der Waals surface area contributed by atoms with E-state index < -0.39 is 0 Å². The van der Waals surface area contributed by atoms with Gasteiger partial charge in [-0.2, -0.15) is 0 Å². The second-order valence-corrected chi connectivity index (χ2v) is 6.91. The summed E-state index contributed by atoms with van der Waals surface area (Å²) >= 11 is 0.